The van der Waals surface area contributed by atoms with Crippen LogP contribution in [0.5, 0.6) is 17.2 Å². The number of benzene rings is 2. The van der Waals surface area contributed by atoms with Crippen LogP contribution in [-0.2, 0) is 4.79 Å². The lowest BCUT2D eigenvalue weighted by atomic mass is 10.1. The summed E-state index contributed by atoms with van der Waals surface area (Å²) in [7, 11) is 0. The first-order chi connectivity index (χ1) is 12.6. The van der Waals surface area contributed by atoms with Gasteiger partial charge in [0, 0.05) is 12.0 Å². The van der Waals surface area contributed by atoms with E-state index in [0.717, 1.165) is 0 Å². The van der Waals surface area contributed by atoms with Gasteiger partial charge in [0.2, 0.25) is 0 Å². The van der Waals surface area contributed by atoms with Crippen LogP contribution in [0, 0.1) is 0 Å². The summed E-state index contributed by atoms with van der Waals surface area (Å²) in [5, 5.41) is 2.81. The molecule has 1 N–H and O–H groups in total. The molecule has 2 aromatic rings. The molecule has 0 radical (unpaired) electrons. The standard InChI is InChI=1S/C20H21NO5/c1-3-7-18(22)25-16-11-10-13(12-17(16)24-4-2)20-21-19(23)14-8-5-6-9-15(14)26-20/h5-6,8-12,20H,3-4,7H2,1-2H3,(H,21,23)/t20-/m0/s1. The number of amides is 1. The number of fused-ring (bicyclic) bond motifs is 1. The predicted octanol–water partition coefficient (Wildman–Crippen LogP) is 3.61. The van der Waals surface area contributed by atoms with E-state index in [1.807, 2.05) is 19.9 Å². The highest BCUT2D eigenvalue weighted by Gasteiger charge is 2.27. The van der Waals surface area contributed by atoms with E-state index in [-0.39, 0.29) is 11.9 Å². The van der Waals surface area contributed by atoms with Crippen LogP contribution in [0.1, 0.15) is 48.8 Å². The predicted molar refractivity (Wildman–Crippen MR) is 95.4 cm³/mol. The van der Waals surface area contributed by atoms with Gasteiger partial charge >= 0.3 is 5.97 Å². The summed E-state index contributed by atoms with van der Waals surface area (Å²) < 4.78 is 16.9. The van der Waals surface area contributed by atoms with Crippen molar-refractivity contribution in [2.45, 2.75) is 32.9 Å². The van der Waals surface area contributed by atoms with Gasteiger partial charge in [0.1, 0.15) is 5.75 Å². The van der Waals surface area contributed by atoms with Crippen molar-refractivity contribution < 1.29 is 23.8 Å². The van der Waals surface area contributed by atoms with Crippen molar-refractivity contribution in [1.29, 1.82) is 0 Å². The van der Waals surface area contributed by atoms with Crippen molar-refractivity contribution in [3.05, 3.63) is 53.6 Å². The number of ether oxygens (including phenoxy) is 3. The molecule has 0 aromatic heterocycles. The largest absolute Gasteiger partial charge is 0.490 e. The molecule has 3 rings (SSSR count). The van der Waals surface area contributed by atoms with E-state index < -0.39 is 6.23 Å². The molecule has 136 valence electrons. The van der Waals surface area contributed by atoms with Crippen LogP contribution < -0.4 is 19.5 Å². The van der Waals surface area contributed by atoms with Gasteiger partial charge in [-0.05, 0) is 43.7 Å². The molecule has 6 nitrogen and oxygen atoms in total. The molecule has 1 heterocycles. The zero-order chi connectivity index (χ0) is 18.5. The van der Waals surface area contributed by atoms with Gasteiger partial charge < -0.3 is 19.5 Å². The lowest BCUT2D eigenvalue weighted by Crippen LogP contribution is -2.36. The Morgan fingerprint density at radius 2 is 1.96 bits per heavy atom. The maximum atomic E-state index is 12.3. The number of esters is 1. The highest BCUT2D eigenvalue weighted by atomic mass is 16.6. The Kier molecular flexibility index (Phi) is 5.41. The van der Waals surface area contributed by atoms with Gasteiger partial charge in [-0.1, -0.05) is 19.1 Å². The van der Waals surface area contributed by atoms with Gasteiger partial charge in [-0.2, -0.15) is 0 Å². The topological polar surface area (TPSA) is 73.9 Å². The van der Waals surface area contributed by atoms with Crippen LogP contribution in [0.2, 0.25) is 0 Å². The minimum absolute atomic E-state index is 0.201. The van der Waals surface area contributed by atoms with Crippen LogP contribution in [-0.4, -0.2) is 18.5 Å². The second-order valence-electron chi connectivity index (χ2n) is 5.83. The normalized spacial score (nSPS) is 15.5. The fourth-order valence-corrected chi connectivity index (χ4v) is 2.68. The monoisotopic (exact) mass is 355 g/mol. The van der Waals surface area contributed by atoms with Crippen LogP contribution in [0.4, 0.5) is 0 Å². The molecule has 6 heteroatoms. The fourth-order valence-electron chi connectivity index (χ4n) is 2.68. The highest BCUT2D eigenvalue weighted by molar-refractivity contribution is 5.98. The fraction of sp³-hybridized carbons (Fsp3) is 0.300. The van der Waals surface area contributed by atoms with Crippen molar-refractivity contribution in [3.63, 3.8) is 0 Å². The van der Waals surface area contributed by atoms with E-state index in [1.54, 1.807) is 36.4 Å². The number of para-hydroxylation sites is 1. The van der Waals surface area contributed by atoms with Crippen LogP contribution in [0.3, 0.4) is 0 Å². The Bertz CT molecular complexity index is 818. The SMILES string of the molecule is CCCC(=O)Oc1ccc([C@H]2NC(=O)c3ccccc3O2)cc1OCC. The number of nitrogens with one attached hydrogen (secondary N) is 1. The zero-order valence-electron chi connectivity index (χ0n) is 14.8. The Morgan fingerprint density at radius 1 is 1.15 bits per heavy atom. The van der Waals surface area contributed by atoms with Gasteiger partial charge in [-0.15, -0.1) is 0 Å². The van der Waals surface area contributed by atoms with Gasteiger partial charge in [0.05, 0.1) is 12.2 Å². The molecule has 2 aromatic carbocycles. The van der Waals surface area contributed by atoms with Gasteiger partial charge in [0.15, 0.2) is 17.7 Å². The Balaban J connectivity index is 1.86. The maximum absolute atomic E-state index is 12.3. The van der Waals surface area contributed by atoms with Crippen LogP contribution >= 0.6 is 0 Å². The zero-order valence-corrected chi connectivity index (χ0v) is 14.8. The second-order valence-corrected chi connectivity index (χ2v) is 5.83. The first kappa shape index (κ1) is 17.8. The summed E-state index contributed by atoms with van der Waals surface area (Å²) in [6, 6.07) is 12.2. The van der Waals surface area contributed by atoms with Gasteiger partial charge in [-0.3, -0.25) is 9.59 Å². The minimum Gasteiger partial charge on any atom is -0.490 e. The van der Waals surface area contributed by atoms with E-state index >= 15 is 0 Å². The molecule has 0 bridgehead atoms. The lowest BCUT2D eigenvalue weighted by molar-refractivity contribution is -0.134. The molecular weight excluding hydrogens is 334 g/mol. The minimum atomic E-state index is -0.642. The van der Waals surface area contributed by atoms with E-state index in [4.69, 9.17) is 14.2 Å². The molecule has 1 amide bonds. The maximum Gasteiger partial charge on any atom is 0.311 e. The van der Waals surface area contributed by atoms with E-state index in [0.29, 0.717) is 47.8 Å². The van der Waals surface area contributed by atoms with Crippen molar-refractivity contribution in [2.24, 2.45) is 0 Å². The molecule has 0 spiro atoms. The van der Waals surface area contributed by atoms with Crippen molar-refractivity contribution >= 4 is 11.9 Å². The first-order valence-corrected chi connectivity index (χ1v) is 8.66. The Morgan fingerprint density at radius 3 is 2.73 bits per heavy atom. The second kappa shape index (κ2) is 7.91. The number of rotatable bonds is 6. The highest BCUT2D eigenvalue weighted by Crippen LogP contribution is 2.34. The van der Waals surface area contributed by atoms with Crippen LogP contribution in [0.15, 0.2) is 42.5 Å². The van der Waals surface area contributed by atoms with E-state index in [2.05, 4.69) is 5.32 Å². The molecule has 1 aliphatic rings. The third kappa shape index (κ3) is 3.79. The number of carbonyl (C=O) groups excluding carboxylic acids is 2. The van der Waals surface area contributed by atoms with E-state index in [1.165, 1.54) is 0 Å². The van der Waals surface area contributed by atoms with Gasteiger partial charge in [-0.25, -0.2) is 0 Å². The van der Waals surface area contributed by atoms with E-state index in [9.17, 15) is 9.59 Å². The third-order valence-electron chi connectivity index (χ3n) is 3.89. The first-order valence-electron chi connectivity index (χ1n) is 8.66. The number of carbonyl (C=O) groups is 2. The average molecular weight is 355 g/mol. The Labute approximate surface area is 152 Å². The molecule has 0 unspecified atom stereocenters. The lowest BCUT2D eigenvalue weighted by Gasteiger charge is -2.27. The quantitative estimate of drug-likeness (QED) is 0.633. The third-order valence-corrected chi connectivity index (χ3v) is 3.89. The summed E-state index contributed by atoms with van der Waals surface area (Å²) in [6.45, 7) is 4.18. The number of hydrogen-bond donors (Lipinski definition) is 1. The molecule has 26 heavy (non-hydrogen) atoms. The van der Waals surface area contributed by atoms with Gasteiger partial charge in [0.25, 0.3) is 5.91 Å². The van der Waals surface area contributed by atoms with Crippen molar-refractivity contribution in [1.82, 2.24) is 5.32 Å². The average Bonchev–Trinajstić information content (AvgIpc) is 2.63. The molecule has 0 aliphatic carbocycles. The molecule has 1 aliphatic heterocycles. The summed E-state index contributed by atoms with van der Waals surface area (Å²) in [5.41, 5.74) is 1.20. The summed E-state index contributed by atoms with van der Waals surface area (Å²) in [6.07, 6.45) is 0.408. The molecule has 1 atom stereocenters. The molecule has 0 saturated carbocycles. The smallest absolute Gasteiger partial charge is 0.311 e. The molecule has 0 saturated heterocycles. The molecular formula is C20H21NO5. The summed E-state index contributed by atoms with van der Waals surface area (Å²) in [4.78, 5) is 24.0. The van der Waals surface area contributed by atoms with Crippen molar-refractivity contribution in [2.75, 3.05) is 6.61 Å². The molecule has 0 fully saturated rings. The van der Waals surface area contributed by atoms with Crippen molar-refractivity contribution in [3.8, 4) is 17.2 Å². The van der Waals surface area contributed by atoms with Crippen LogP contribution in [0.25, 0.3) is 0 Å². The summed E-state index contributed by atoms with van der Waals surface area (Å²) >= 11 is 0. The number of hydrogen-bond acceptors (Lipinski definition) is 5. The Hall–Kier alpha value is -3.02. The summed E-state index contributed by atoms with van der Waals surface area (Å²) in [5.74, 6) is 0.811.